The molecule has 1 rings (SSSR count). The SMILES string of the molecule is O=CC(=O)P(=O)(O)OC1CCCCC1. The van der Waals surface area contributed by atoms with Gasteiger partial charge in [-0.25, -0.2) is 0 Å². The van der Waals surface area contributed by atoms with Gasteiger partial charge in [0.05, 0.1) is 6.10 Å². The Kier molecular flexibility index (Phi) is 3.98. The molecule has 0 aromatic rings. The van der Waals surface area contributed by atoms with Gasteiger partial charge in [-0.05, 0) is 12.8 Å². The molecule has 80 valence electrons. The molecule has 0 amide bonds. The largest absolute Gasteiger partial charge is 0.402 e. The van der Waals surface area contributed by atoms with E-state index in [1.54, 1.807) is 0 Å². The Bertz CT molecular complexity index is 269. The normalized spacial score (nSPS) is 22.6. The molecule has 6 heteroatoms. The number of aldehydes is 1. The first-order valence-electron chi connectivity index (χ1n) is 4.57. The fourth-order valence-corrected chi connectivity index (χ4v) is 2.34. The van der Waals surface area contributed by atoms with Crippen LogP contribution < -0.4 is 0 Å². The summed E-state index contributed by atoms with van der Waals surface area (Å²) in [4.78, 5) is 29.8. The topological polar surface area (TPSA) is 80.7 Å². The molecule has 1 aliphatic rings. The highest BCUT2D eigenvalue weighted by Gasteiger charge is 2.33. The maximum Gasteiger partial charge on any atom is 0.402 e. The van der Waals surface area contributed by atoms with Gasteiger partial charge in [-0.1, -0.05) is 19.3 Å². The second kappa shape index (κ2) is 4.82. The smallest absolute Gasteiger partial charge is 0.319 e. The molecule has 0 bridgehead atoms. The van der Waals surface area contributed by atoms with Crippen LogP contribution in [0, 0.1) is 0 Å². The molecule has 0 saturated heterocycles. The van der Waals surface area contributed by atoms with Gasteiger partial charge in [-0.2, -0.15) is 0 Å². The molecule has 1 unspecified atom stereocenters. The van der Waals surface area contributed by atoms with Gasteiger partial charge in [0.15, 0.2) is 6.29 Å². The minimum Gasteiger partial charge on any atom is -0.319 e. The molecular formula is C8H13O5P. The van der Waals surface area contributed by atoms with Crippen molar-refractivity contribution < 1.29 is 23.6 Å². The van der Waals surface area contributed by atoms with E-state index in [0.29, 0.717) is 12.8 Å². The van der Waals surface area contributed by atoms with Crippen molar-refractivity contribution in [3.8, 4) is 0 Å². The van der Waals surface area contributed by atoms with Crippen LogP contribution >= 0.6 is 7.60 Å². The van der Waals surface area contributed by atoms with Gasteiger partial charge < -0.3 is 4.89 Å². The van der Waals surface area contributed by atoms with Crippen LogP contribution in [0.15, 0.2) is 0 Å². The quantitative estimate of drug-likeness (QED) is 0.438. The first kappa shape index (κ1) is 11.6. The van der Waals surface area contributed by atoms with Crippen LogP contribution in [0.4, 0.5) is 0 Å². The van der Waals surface area contributed by atoms with Gasteiger partial charge in [0.2, 0.25) is 0 Å². The van der Waals surface area contributed by atoms with E-state index in [9.17, 15) is 14.2 Å². The van der Waals surface area contributed by atoms with Gasteiger partial charge in [0.1, 0.15) is 0 Å². The lowest BCUT2D eigenvalue weighted by atomic mass is 9.98. The molecule has 14 heavy (non-hydrogen) atoms. The predicted octanol–water partition coefficient (Wildman–Crippen LogP) is 1.25. The summed E-state index contributed by atoms with van der Waals surface area (Å²) < 4.78 is 15.9. The van der Waals surface area contributed by atoms with Crippen molar-refractivity contribution in [1.82, 2.24) is 0 Å². The van der Waals surface area contributed by atoms with Gasteiger partial charge in [0.25, 0.3) is 0 Å². The second-order valence-corrected chi connectivity index (χ2v) is 5.03. The number of carbonyl (C=O) groups is 2. The summed E-state index contributed by atoms with van der Waals surface area (Å²) in [6.07, 6.45) is 3.78. The van der Waals surface area contributed by atoms with Crippen LogP contribution in [0.2, 0.25) is 0 Å². The molecule has 0 aromatic carbocycles. The number of hydrogen-bond acceptors (Lipinski definition) is 4. The average Bonchev–Trinajstić information content (AvgIpc) is 2.17. The highest BCUT2D eigenvalue weighted by Crippen LogP contribution is 2.45. The van der Waals surface area contributed by atoms with E-state index in [1.165, 1.54) is 0 Å². The average molecular weight is 220 g/mol. The summed E-state index contributed by atoms with van der Waals surface area (Å²) in [5.41, 5.74) is -1.36. The molecule has 1 saturated carbocycles. The Morgan fingerprint density at radius 3 is 2.43 bits per heavy atom. The zero-order chi connectivity index (χ0) is 10.6. The highest BCUT2D eigenvalue weighted by molar-refractivity contribution is 7.73. The lowest BCUT2D eigenvalue weighted by molar-refractivity contribution is -0.126. The monoisotopic (exact) mass is 220 g/mol. The maximum atomic E-state index is 11.2. The van der Waals surface area contributed by atoms with Crippen LogP contribution in [0.3, 0.4) is 0 Å². The Labute approximate surface area is 82.0 Å². The molecule has 1 fully saturated rings. The Balaban J connectivity index is 2.52. The molecule has 5 nitrogen and oxygen atoms in total. The van der Waals surface area contributed by atoms with Crippen molar-refractivity contribution >= 4 is 19.4 Å². The lowest BCUT2D eigenvalue weighted by Gasteiger charge is -2.22. The van der Waals surface area contributed by atoms with Gasteiger partial charge in [0, 0.05) is 0 Å². The van der Waals surface area contributed by atoms with Crippen LogP contribution in [0.25, 0.3) is 0 Å². The van der Waals surface area contributed by atoms with Crippen LogP contribution in [0.5, 0.6) is 0 Å². The molecule has 1 N–H and O–H groups in total. The first-order chi connectivity index (χ1) is 6.56. The summed E-state index contributed by atoms with van der Waals surface area (Å²) in [7, 11) is -4.36. The third-order valence-electron chi connectivity index (χ3n) is 2.22. The van der Waals surface area contributed by atoms with Crippen LogP contribution in [-0.2, 0) is 18.7 Å². The fourth-order valence-electron chi connectivity index (χ4n) is 1.49. The van der Waals surface area contributed by atoms with Crippen LogP contribution in [-0.4, -0.2) is 22.8 Å². The van der Waals surface area contributed by atoms with Crippen LogP contribution in [0.1, 0.15) is 32.1 Å². The zero-order valence-electron chi connectivity index (χ0n) is 7.72. The van der Waals surface area contributed by atoms with Crippen molar-refractivity contribution in [2.24, 2.45) is 0 Å². The van der Waals surface area contributed by atoms with Gasteiger partial charge in [-0.3, -0.25) is 18.7 Å². The molecule has 0 aromatic heterocycles. The van der Waals surface area contributed by atoms with Crippen molar-refractivity contribution in [2.75, 3.05) is 0 Å². The Morgan fingerprint density at radius 2 is 1.93 bits per heavy atom. The fraction of sp³-hybridized carbons (Fsp3) is 0.750. The second-order valence-electron chi connectivity index (χ2n) is 3.34. The molecule has 1 atom stereocenters. The van der Waals surface area contributed by atoms with Crippen molar-refractivity contribution in [2.45, 2.75) is 38.2 Å². The molecule has 0 spiro atoms. The molecule has 0 heterocycles. The summed E-state index contributed by atoms with van der Waals surface area (Å²) in [6, 6.07) is 0. The van der Waals surface area contributed by atoms with Crippen molar-refractivity contribution in [3.05, 3.63) is 0 Å². The zero-order valence-corrected chi connectivity index (χ0v) is 8.61. The van der Waals surface area contributed by atoms with E-state index >= 15 is 0 Å². The lowest BCUT2D eigenvalue weighted by Crippen LogP contribution is -2.17. The van der Waals surface area contributed by atoms with E-state index in [1.807, 2.05) is 0 Å². The number of carbonyl (C=O) groups excluding carboxylic acids is 2. The van der Waals surface area contributed by atoms with Crippen molar-refractivity contribution in [3.63, 3.8) is 0 Å². The van der Waals surface area contributed by atoms with E-state index in [4.69, 9.17) is 9.42 Å². The van der Waals surface area contributed by atoms with E-state index in [2.05, 4.69) is 0 Å². The standard InChI is InChI=1S/C8H13O5P/c9-6-8(10)14(11,12)13-7-4-2-1-3-5-7/h6-7H,1-5H2,(H,11,12). The van der Waals surface area contributed by atoms with Crippen molar-refractivity contribution in [1.29, 1.82) is 0 Å². The maximum absolute atomic E-state index is 11.2. The minimum absolute atomic E-state index is 0.163. The summed E-state index contributed by atoms with van der Waals surface area (Å²) in [5, 5.41) is 0. The summed E-state index contributed by atoms with van der Waals surface area (Å²) in [5.74, 6) is 0. The predicted molar refractivity (Wildman–Crippen MR) is 48.9 cm³/mol. The third-order valence-corrected chi connectivity index (χ3v) is 3.47. The van der Waals surface area contributed by atoms with E-state index in [-0.39, 0.29) is 12.4 Å². The molecule has 0 radical (unpaired) electrons. The number of rotatable bonds is 4. The van der Waals surface area contributed by atoms with Gasteiger partial charge >= 0.3 is 13.1 Å². The molecular weight excluding hydrogens is 207 g/mol. The first-order valence-corrected chi connectivity index (χ1v) is 6.15. The highest BCUT2D eigenvalue weighted by atomic mass is 31.2. The molecule has 1 aliphatic carbocycles. The minimum atomic E-state index is -4.36. The number of hydrogen-bond donors (Lipinski definition) is 1. The summed E-state index contributed by atoms with van der Waals surface area (Å²) in [6.45, 7) is 0. The third kappa shape index (κ3) is 3.01. The van der Waals surface area contributed by atoms with E-state index < -0.39 is 13.1 Å². The Morgan fingerprint density at radius 1 is 1.36 bits per heavy atom. The van der Waals surface area contributed by atoms with E-state index in [0.717, 1.165) is 19.3 Å². The van der Waals surface area contributed by atoms with Gasteiger partial charge in [-0.15, -0.1) is 0 Å². The summed E-state index contributed by atoms with van der Waals surface area (Å²) >= 11 is 0. The Hall–Kier alpha value is -0.510. The molecule has 0 aliphatic heterocycles.